The molecule has 1 N–H and O–H groups in total. The summed E-state index contributed by atoms with van der Waals surface area (Å²) in [6.07, 6.45) is 3.16. The lowest BCUT2D eigenvalue weighted by Gasteiger charge is -2.42. The molecule has 1 saturated heterocycles. The molecule has 1 aliphatic rings. The van der Waals surface area contributed by atoms with Crippen molar-refractivity contribution < 1.29 is 9.90 Å². The molecule has 1 aliphatic heterocycles. The maximum Gasteiger partial charge on any atom is 0.309 e. The number of hydrogen-bond donors (Lipinski definition) is 1. The standard InChI is InChI=1S/C18H27NO2/c1-4-16(14-9-6-5-7-10-14)19-12-8-11-15(13-19)18(2,3)17(20)21/h5-7,9-10,15-16H,4,8,11-13H2,1-3H3,(H,20,21). The van der Waals surface area contributed by atoms with Crippen LogP contribution in [0.2, 0.25) is 0 Å². The summed E-state index contributed by atoms with van der Waals surface area (Å²) in [5.41, 5.74) is 0.696. The smallest absolute Gasteiger partial charge is 0.309 e. The predicted molar refractivity (Wildman–Crippen MR) is 85.2 cm³/mol. The van der Waals surface area contributed by atoms with E-state index in [4.69, 9.17) is 0 Å². The Bertz CT molecular complexity index is 469. The van der Waals surface area contributed by atoms with Crippen molar-refractivity contribution in [2.45, 2.75) is 46.1 Å². The van der Waals surface area contributed by atoms with Crippen LogP contribution in [-0.2, 0) is 4.79 Å². The minimum atomic E-state index is -0.679. The van der Waals surface area contributed by atoms with Crippen LogP contribution in [0.5, 0.6) is 0 Å². The third-order valence-corrected chi connectivity index (χ3v) is 5.04. The van der Waals surface area contributed by atoms with Gasteiger partial charge in [-0.1, -0.05) is 37.3 Å². The molecule has 0 bridgehead atoms. The molecule has 1 aromatic carbocycles. The molecule has 0 aliphatic carbocycles. The molecule has 2 atom stereocenters. The molecule has 1 heterocycles. The van der Waals surface area contributed by atoms with E-state index in [2.05, 4.69) is 36.1 Å². The Morgan fingerprint density at radius 3 is 2.62 bits per heavy atom. The van der Waals surface area contributed by atoms with Gasteiger partial charge < -0.3 is 5.11 Å². The quantitative estimate of drug-likeness (QED) is 0.892. The van der Waals surface area contributed by atoms with Crippen LogP contribution in [-0.4, -0.2) is 29.1 Å². The van der Waals surface area contributed by atoms with Gasteiger partial charge in [-0.2, -0.15) is 0 Å². The fourth-order valence-corrected chi connectivity index (χ4v) is 3.43. The lowest BCUT2D eigenvalue weighted by molar-refractivity contribution is -0.151. The van der Waals surface area contributed by atoms with E-state index in [0.717, 1.165) is 32.4 Å². The van der Waals surface area contributed by atoms with Crippen molar-refractivity contribution >= 4 is 5.97 Å². The van der Waals surface area contributed by atoms with Gasteiger partial charge in [-0.3, -0.25) is 9.69 Å². The Morgan fingerprint density at radius 1 is 1.38 bits per heavy atom. The Kier molecular flexibility index (Phi) is 5.04. The van der Waals surface area contributed by atoms with Crippen LogP contribution in [0, 0.1) is 11.3 Å². The number of aliphatic carboxylic acids is 1. The van der Waals surface area contributed by atoms with Crippen LogP contribution in [0.4, 0.5) is 0 Å². The zero-order valence-electron chi connectivity index (χ0n) is 13.4. The van der Waals surface area contributed by atoms with Crippen molar-refractivity contribution in [2.75, 3.05) is 13.1 Å². The van der Waals surface area contributed by atoms with Gasteiger partial charge in [0.05, 0.1) is 5.41 Å². The zero-order chi connectivity index (χ0) is 15.5. The van der Waals surface area contributed by atoms with E-state index in [1.807, 2.05) is 19.9 Å². The van der Waals surface area contributed by atoms with Crippen LogP contribution < -0.4 is 0 Å². The predicted octanol–water partition coefficient (Wildman–Crippen LogP) is 3.96. The van der Waals surface area contributed by atoms with Gasteiger partial charge in [-0.25, -0.2) is 0 Å². The second-order valence-electron chi connectivity index (χ2n) is 6.70. The van der Waals surface area contributed by atoms with Gasteiger partial charge in [0, 0.05) is 12.6 Å². The average molecular weight is 289 g/mol. The van der Waals surface area contributed by atoms with E-state index in [9.17, 15) is 9.90 Å². The Balaban J connectivity index is 2.15. The fraction of sp³-hybridized carbons (Fsp3) is 0.611. The average Bonchev–Trinajstić information content (AvgIpc) is 2.49. The van der Waals surface area contributed by atoms with Crippen molar-refractivity contribution in [3.8, 4) is 0 Å². The van der Waals surface area contributed by atoms with Crippen LogP contribution in [0.3, 0.4) is 0 Å². The highest BCUT2D eigenvalue weighted by atomic mass is 16.4. The third kappa shape index (κ3) is 3.46. The number of hydrogen-bond acceptors (Lipinski definition) is 2. The maximum absolute atomic E-state index is 11.5. The highest BCUT2D eigenvalue weighted by Crippen LogP contribution is 2.37. The number of piperidine rings is 1. The second kappa shape index (κ2) is 6.61. The lowest BCUT2D eigenvalue weighted by Crippen LogP contribution is -2.45. The summed E-state index contributed by atoms with van der Waals surface area (Å²) < 4.78 is 0. The fourth-order valence-electron chi connectivity index (χ4n) is 3.43. The largest absolute Gasteiger partial charge is 0.481 e. The third-order valence-electron chi connectivity index (χ3n) is 5.04. The van der Waals surface area contributed by atoms with E-state index in [-0.39, 0.29) is 5.92 Å². The van der Waals surface area contributed by atoms with Gasteiger partial charge in [0.15, 0.2) is 0 Å². The summed E-state index contributed by atoms with van der Waals surface area (Å²) in [7, 11) is 0. The number of carbonyl (C=O) groups is 1. The molecule has 1 fully saturated rings. The summed E-state index contributed by atoms with van der Waals surface area (Å²) in [5.74, 6) is -0.455. The number of carboxylic acid groups (broad SMARTS) is 1. The Labute approximate surface area is 128 Å². The van der Waals surface area contributed by atoms with E-state index < -0.39 is 11.4 Å². The number of carboxylic acids is 1. The molecule has 2 unspecified atom stereocenters. The number of nitrogens with zero attached hydrogens (tertiary/aromatic N) is 1. The minimum Gasteiger partial charge on any atom is -0.481 e. The normalized spacial score (nSPS) is 22.0. The zero-order valence-corrected chi connectivity index (χ0v) is 13.4. The summed E-state index contributed by atoms with van der Waals surface area (Å²) in [6, 6.07) is 11.0. The molecular formula is C18H27NO2. The molecule has 0 saturated carbocycles. The topological polar surface area (TPSA) is 40.5 Å². The SMILES string of the molecule is CCC(c1ccccc1)N1CCCC(C(C)(C)C(=O)O)C1. The van der Waals surface area contributed by atoms with Gasteiger partial charge in [0.2, 0.25) is 0 Å². The van der Waals surface area contributed by atoms with Gasteiger partial charge in [0.1, 0.15) is 0 Å². The van der Waals surface area contributed by atoms with Crippen LogP contribution >= 0.6 is 0 Å². The number of likely N-dealkylation sites (tertiary alicyclic amines) is 1. The van der Waals surface area contributed by atoms with Gasteiger partial charge in [0.25, 0.3) is 0 Å². The van der Waals surface area contributed by atoms with E-state index in [0.29, 0.717) is 6.04 Å². The lowest BCUT2D eigenvalue weighted by atomic mass is 9.74. The Hall–Kier alpha value is -1.35. The highest BCUT2D eigenvalue weighted by molar-refractivity contribution is 5.74. The highest BCUT2D eigenvalue weighted by Gasteiger charge is 2.40. The van der Waals surface area contributed by atoms with Crippen molar-refractivity contribution in [3.63, 3.8) is 0 Å². The number of benzene rings is 1. The van der Waals surface area contributed by atoms with E-state index in [1.54, 1.807) is 0 Å². The monoisotopic (exact) mass is 289 g/mol. The first-order chi connectivity index (χ1) is 9.96. The first-order valence-electron chi connectivity index (χ1n) is 7.99. The summed E-state index contributed by atoms with van der Waals surface area (Å²) >= 11 is 0. The van der Waals surface area contributed by atoms with Gasteiger partial charge >= 0.3 is 5.97 Å². The molecule has 116 valence electrons. The maximum atomic E-state index is 11.5. The van der Waals surface area contributed by atoms with Crippen molar-refractivity contribution in [1.29, 1.82) is 0 Å². The molecular weight excluding hydrogens is 262 g/mol. The van der Waals surface area contributed by atoms with Gasteiger partial charge in [-0.15, -0.1) is 0 Å². The molecule has 21 heavy (non-hydrogen) atoms. The van der Waals surface area contributed by atoms with Crippen LogP contribution in [0.1, 0.15) is 51.6 Å². The van der Waals surface area contributed by atoms with E-state index in [1.165, 1.54) is 5.56 Å². The Morgan fingerprint density at radius 2 is 2.05 bits per heavy atom. The molecule has 3 nitrogen and oxygen atoms in total. The minimum absolute atomic E-state index is 0.224. The second-order valence-corrected chi connectivity index (χ2v) is 6.70. The van der Waals surface area contributed by atoms with E-state index >= 15 is 0 Å². The van der Waals surface area contributed by atoms with Crippen molar-refractivity contribution in [2.24, 2.45) is 11.3 Å². The summed E-state index contributed by atoms with van der Waals surface area (Å²) in [4.78, 5) is 14.0. The van der Waals surface area contributed by atoms with Crippen LogP contribution in [0.15, 0.2) is 30.3 Å². The number of rotatable bonds is 5. The summed E-state index contributed by atoms with van der Waals surface area (Å²) in [6.45, 7) is 7.90. The van der Waals surface area contributed by atoms with Gasteiger partial charge in [-0.05, 0) is 51.1 Å². The molecule has 0 radical (unpaired) electrons. The van der Waals surface area contributed by atoms with Crippen molar-refractivity contribution in [1.82, 2.24) is 4.90 Å². The molecule has 1 aromatic rings. The molecule has 2 rings (SSSR count). The molecule has 0 spiro atoms. The first kappa shape index (κ1) is 16.0. The first-order valence-corrected chi connectivity index (χ1v) is 7.99. The molecule has 0 aromatic heterocycles. The summed E-state index contributed by atoms with van der Waals surface area (Å²) in [5, 5.41) is 9.47. The molecule has 3 heteroatoms. The molecule has 0 amide bonds. The van der Waals surface area contributed by atoms with Crippen molar-refractivity contribution in [3.05, 3.63) is 35.9 Å². The van der Waals surface area contributed by atoms with Crippen LogP contribution in [0.25, 0.3) is 0 Å².